The maximum Gasteiger partial charge on any atom is 0.150 e. The Kier molecular flexibility index (Phi) is 4.69. The van der Waals surface area contributed by atoms with Gasteiger partial charge in [-0.3, -0.25) is 9.59 Å². The van der Waals surface area contributed by atoms with Crippen molar-refractivity contribution in [1.29, 1.82) is 0 Å². The van der Waals surface area contributed by atoms with Crippen LogP contribution in [-0.2, 0) is 10.4 Å². The molecule has 1 aliphatic rings. The average Bonchev–Trinajstić information content (AvgIpc) is 3.17. The van der Waals surface area contributed by atoms with Crippen molar-refractivity contribution in [1.82, 2.24) is 9.78 Å². The number of ketones is 1. The van der Waals surface area contributed by atoms with Crippen LogP contribution in [0.25, 0.3) is 16.9 Å². The van der Waals surface area contributed by atoms with Crippen LogP contribution in [-0.4, -0.2) is 27.0 Å². The van der Waals surface area contributed by atoms with Gasteiger partial charge in [0, 0.05) is 24.0 Å². The van der Waals surface area contributed by atoms with Crippen LogP contribution >= 0.6 is 0 Å². The molecule has 1 N–H and O–H groups in total. The highest BCUT2D eigenvalue weighted by molar-refractivity contribution is 5.79. The molecule has 0 amide bonds. The van der Waals surface area contributed by atoms with Crippen LogP contribution in [0.2, 0.25) is 0 Å². The predicted octanol–water partition coefficient (Wildman–Crippen LogP) is 3.99. The monoisotopic (exact) mass is 374 g/mol. The number of carbonyl (C=O) groups excluding carboxylic acids is 2. The normalized spacial score (nSPS) is 16.1. The second-order valence-electron chi connectivity index (χ2n) is 7.47. The van der Waals surface area contributed by atoms with Crippen molar-refractivity contribution in [3.8, 4) is 16.9 Å². The van der Waals surface area contributed by atoms with Crippen LogP contribution in [0.3, 0.4) is 0 Å². The summed E-state index contributed by atoms with van der Waals surface area (Å²) in [6, 6.07) is 17.2. The average molecular weight is 374 g/mol. The Hall–Kier alpha value is -3.05. The summed E-state index contributed by atoms with van der Waals surface area (Å²) in [6.07, 6.45) is 2.33. The van der Waals surface area contributed by atoms with Gasteiger partial charge in [-0.2, -0.15) is 5.10 Å². The molecule has 3 aromatic rings. The van der Waals surface area contributed by atoms with Gasteiger partial charge in [-0.25, -0.2) is 4.68 Å². The smallest absolute Gasteiger partial charge is 0.150 e. The van der Waals surface area contributed by atoms with E-state index in [4.69, 9.17) is 5.10 Å². The Morgan fingerprint density at radius 2 is 1.68 bits per heavy atom. The minimum Gasteiger partial charge on any atom is -0.383 e. The van der Waals surface area contributed by atoms with E-state index in [0.29, 0.717) is 36.9 Å². The van der Waals surface area contributed by atoms with Gasteiger partial charge in [-0.05, 0) is 50.1 Å². The molecule has 2 aromatic carbocycles. The minimum absolute atomic E-state index is 0.187. The Morgan fingerprint density at radius 3 is 2.29 bits per heavy atom. The highest BCUT2D eigenvalue weighted by atomic mass is 16.3. The Bertz CT molecular complexity index is 1010. The highest BCUT2D eigenvalue weighted by Crippen LogP contribution is 2.37. The third-order valence-corrected chi connectivity index (χ3v) is 5.44. The van der Waals surface area contributed by atoms with Crippen LogP contribution in [0.15, 0.2) is 54.6 Å². The fraction of sp³-hybridized carbons (Fsp3) is 0.261. The number of aromatic nitrogens is 2. The summed E-state index contributed by atoms with van der Waals surface area (Å²) >= 11 is 0. The molecule has 0 radical (unpaired) electrons. The zero-order valence-electron chi connectivity index (χ0n) is 15.8. The van der Waals surface area contributed by atoms with E-state index in [1.165, 1.54) is 0 Å². The Balaban J connectivity index is 1.82. The molecular weight excluding hydrogens is 352 g/mol. The third-order valence-electron chi connectivity index (χ3n) is 5.44. The zero-order valence-corrected chi connectivity index (χ0v) is 15.8. The maximum absolute atomic E-state index is 11.6. The maximum atomic E-state index is 11.6. The second kappa shape index (κ2) is 7.17. The molecule has 4 rings (SSSR count). The lowest BCUT2D eigenvalue weighted by molar-refractivity contribution is -0.125. The molecule has 1 saturated carbocycles. The number of hydrogen-bond donors (Lipinski definition) is 1. The van der Waals surface area contributed by atoms with Crippen molar-refractivity contribution in [3.63, 3.8) is 0 Å². The van der Waals surface area contributed by atoms with E-state index in [-0.39, 0.29) is 5.78 Å². The number of hydrogen-bond acceptors (Lipinski definition) is 4. The van der Waals surface area contributed by atoms with Gasteiger partial charge in [0.2, 0.25) is 0 Å². The van der Waals surface area contributed by atoms with Crippen LogP contribution in [0.1, 0.15) is 47.3 Å². The van der Waals surface area contributed by atoms with Crippen molar-refractivity contribution in [2.75, 3.05) is 0 Å². The van der Waals surface area contributed by atoms with Crippen LogP contribution in [0.4, 0.5) is 0 Å². The minimum atomic E-state index is -1.10. The summed E-state index contributed by atoms with van der Waals surface area (Å²) in [5, 5.41) is 15.9. The first-order valence-electron chi connectivity index (χ1n) is 9.46. The van der Waals surface area contributed by atoms with E-state index in [1.54, 1.807) is 16.8 Å². The van der Waals surface area contributed by atoms with Crippen molar-refractivity contribution < 1.29 is 14.7 Å². The van der Waals surface area contributed by atoms with Crippen molar-refractivity contribution in [2.24, 2.45) is 0 Å². The topological polar surface area (TPSA) is 72.2 Å². The molecular formula is C23H22N2O3. The number of nitrogens with zero attached hydrogens (tertiary/aromatic N) is 2. The summed E-state index contributed by atoms with van der Waals surface area (Å²) in [5.74, 6) is 0.187. The van der Waals surface area contributed by atoms with Gasteiger partial charge in [-0.15, -0.1) is 0 Å². The fourth-order valence-electron chi connectivity index (χ4n) is 3.63. The number of aliphatic hydroxyl groups is 1. The van der Waals surface area contributed by atoms with E-state index < -0.39 is 5.60 Å². The Morgan fingerprint density at radius 1 is 1.04 bits per heavy atom. The van der Waals surface area contributed by atoms with E-state index >= 15 is 0 Å². The lowest BCUT2D eigenvalue weighted by Gasteiger charge is -2.29. The van der Waals surface area contributed by atoms with Gasteiger partial charge in [0.05, 0.1) is 17.1 Å². The molecule has 1 aromatic heterocycles. The summed E-state index contributed by atoms with van der Waals surface area (Å²) in [4.78, 5) is 22.6. The van der Waals surface area contributed by atoms with Gasteiger partial charge in [0.25, 0.3) is 0 Å². The van der Waals surface area contributed by atoms with Gasteiger partial charge < -0.3 is 5.11 Å². The first-order chi connectivity index (χ1) is 13.5. The second-order valence-corrected chi connectivity index (χ2v) is 7.47. The molecule has 5 nitrogen and oxygen atoms in total. The SMILES string of the molecule is Cc1ccc(-c2cc(C3(O)CCC(=O)CC3)nn2-c2ccc(C=O)cc2)cc1. The van der Waals surface area contributed by atoms with E-state index in [0.717, 1.165) is 28.8 Å². The quantitative estimate of drug-likeness (QED) is 0.701. The largest absolute Gasteiger partial charge is 0.383 e. The summed E-state index contributed by atoms with van der Waals surface area (Å²) in [7, 11) is 0. The van der Waals surface area contributed by atoms with Gasteiger partial charge >= 0.3 is 0 Å². The van der Waals surface area contributed by atoms with E-state index in [9.17, 15) is 14.7 Å². The lowest BCUT2D eigenvalue weighted by atomic mass is 9.82. The molecule has 0 spiro atoms. The molecule has 0 aliphatic heterocycles. The number of aryl methyl sites for hydroxylation is 1. The zero-order chi connectivity index (χ0) is 19.7. The summed E-state index contributed by atoms with van der Waals surface area (Å²) < 4.78 is 1.79. The van der Waals surface area contributed by atoms with E-state index in [1.807, 2.05) is 49.4 Å². The van der Waals surface area contributed by atoms with Crippen molar-refractivity contribution >= 4 is 12.1 Å². The summed E-state index contributed by atoms with van der Waals surface area (Å²) in [6.45, 7) is 2.03. The summed E-state index contributed by atoms with van der Waals surface area (Å²) in [5.41, 5.74) is 3.89. The molecule has 0 saturated heterocycles. The van der Waals surface area contributed by atoms with Gasteiger partial charge in [0.15, 0.2) is 0 Å². The number of carbonyl (C=O) groups is 2. The number of rotatable bonds is 4. The molecule has 5 heteroatoms. The number of benzene rings is 2. The van der Waals surface area contributed by atoms with Crippen molar-refractivity contribution in [3.05, 3.63) is 71.4 Å². The number of aldehydes is 1. The first-order valence-corrected chi connectivity index (χ1v) is 9.46. The van der Waals surface area contributed by atoms with Crippen LogP contribution in [0.5, 0.6) is 0 Å². The van der Waals surface area contributed by atoms with Crippen LogP contribution in [0, 0.1) is 6.92 Å². The lowest BCUT2D eigenvalue weighted by Crippen LogP contribution is -2.32. The first kappa shape index (κ1) is 18.3. The molecule has 1 heterocycles. The van der Waals surface area contributed by atoms with Crippen LogP contribution < -0.4 is 0 Å². The Labute approximate surface area is 163 Å². The predicted molar refractivity (Wildman–Crippen MR) is 106 cm³/mol. The van der Waals surface area contributed by atoms with E-state index in [2.05, 4.69) is 0 Å². The number of Topliss-reactive ketones (excluding diaryl/α,β-unsaturated/α-hetero) is 1. The standard InChI is InChI=1S/C23H22N2O3/c1-16-2-6-18(7-3-16)21-14-22(23(28)12-10-20(27)11-13-23)24-25(21)19-8-4-17(15-26)5-9-19/h2-9,14-15,28H,10-13H2,1H3. The molecule has 1 fully saturated rings. The molecule has 142 valence electrons. The van der Waals surface area contributed by atoms with Gasteiger partial charge in [-0.1, -0.05) is 29.8 Å². The molecule has 0 bridgehead atoms. The molecule has 1 aliphatic carbocycles. The van der Waals surface area contributed by atoms with Gasteiger partial charge in [0.1, 0.15) is 17.7 Å². The molecule has 0 atom stereocenters. The molecule has 0 unspecified atom stereocenters. The molecule has 28 heavy (non-hydrogen) atoms. The highest BCUT2D eigenvalue weighted by Gasteiger charge is 2.37. The van der Waals surface area contributed by atoms with Crippen molar-refractivity contribution in [2.45, 2.75) is 38.2 Å². The third kappa shape index (κ3) is 3.41. The fourth-order valence-corrected chi connectivity index (χ4v) is 3.63.